The summed E-state index contributed by atoms with van der Waals surface area (Å²) in [6, 6.07) is 0. The van der Waals surface area contributed by atoms with Gasteiger partial charge in [0.15, 0.2) is 0 Å². The molecule has 0 aromatic heterocycles. The largest absolute Gasteiger partial charge is 0.813 e. The van der Waals surface area contributed by atoms with E-state index in [2.05, 4.69) is 0 Å². The Labute approximate surface area is 49.7 Å². The van der Waals surface area contributed by atoms with Crippen molar-refractivity contribution in [3.63, 3.8) is 0 Å². The first-order valence-corrected chi connectivity index (χ1v) is 0. The van der Waals surface area contributed by atoms with Gasteiger partial charge in [-0.05, 0) is 0 Å². The van der Waals surface area contributed by atoms with Gasteiger partial charge in [0, 0.05) is 21.1 Å². The van der Waals surface area contributed by atoms with Crippen LogP contribution in [0.2, 0.25) is 0 Å². The second-order valence-corrected chi connectivity index (χ2v) is 0. The van der Waals surface area contributed by atoms with Gasteiger partial charge in [-0.2, -0.15) is 0 Å². The fraction of sp³-hybridized carbons (Fsp3) is 0. The summed E-state index contributed by atoms with van der Waals surface area (Å²) in [5, 5.41) is 0. The molecule has 0 heterocycles. The van der Waals surface area contributed by atoms with Crippen LogP contribution >= 0.6 is 0 Å². The van der Waals surface area contributed by atoms with Gasteiger partial charge in [-0.25, -0.2) is 0 Å². The molecule has 0 aromatic rings. The average Bonchev–Trinajstić information content (AvgIpc) is 0. The first kappa shape index (κ1) is 76.2. The third-order valence-corrected chi connectivity index (χ3v) is 0. The van der Waals surface area contributed by atoms with E-state index in [-0.39, 0.29) is 49.4 Å². The minimum absolute atomic E-state index is 0. The quantitative estimate of drug-likeness (QED) is 0.349. The monoisotopic (exact) mass is 258 g/mol. The third kappa shape index (κ3) is 11.7. The number of hydrogen-bond donors (Lipinski definition) is 0. The summed E-state index contributed by atoms with van der Waals surface area (Å²) in [4.78, 5) is 0. The molecular weight excluding hydrogens is 251 g/mol. The van der Waals surface area contributed by atoms with E-state index in [1.54, 1.807) is 0 Å². The van der Waals surface area contributed by atoms with Crippen molar-refractivity contribution >= 4 is 13.5 Å². The maximum Gasteiger partial charge on any atom is 0 e. The van der Waals surface area contributed by atoms with Gasteiger partial charge in [0.2, 0.25) is 0 Å². The van der Waals surface area contributed by atoms with Gasteiger partial charge >= 0.3 is 0 Å². The Hall–Kier alpha value is 1.04. The van der Waals surface area contributed by atoms with Crippen molar-refractivity contribution in [1.29, 1.82) is 0 Å². The van der Waals surface area contributed by atoms with Gasteiger partial charge in [-0.3, -0.25) is 0 Å². The molecular formula is C2H7PtS-3. The first-order chi connectivity index (χ1) is 0. The Morgan fingerprint density at radius 1 is 0.750 bits per heavy atom. The van der Waals surface area contributed by atoms with Gasteiger partial charge in [0.1, 0.15) is 0 Å². The van der Waals surface area contributed by atoms with Gasteiger partial charge in [0.25, 0.3) is 0 Å². The van der Waals surface area contributed by atoms with Crippen LogP contribution in [-0.4, -0.2) is 0 Å². The average molecular weight is 258 g/mol. The molecule has 4 heavy (non-hydrogen) atoms. The van der Waals surface area contributed by atoms with E-state index in [1.165, 1.54) is 0 Å². The Balaban J connectivity index is 0. The van der Waals surface area contributed by atoms with E-state index >= 15 is 0 Å². The predicted octanol–water partition coefficient (Wildman–Crippen LogP) is 0.628. The van der Waals surface area contributed by atoms with E-state index in [0.717, 1.165) is 0 Å². The standard InChI is InChI=1S/2CH3.Pt.H2S/h2*1H3;;1H2/q2*-1;;/p-1. The molecule has 0 aliphatic rings. The van der Waals surface area contributed by atoms with Crippen molar-refractivity contribution in [3.05, 3.63) is 14.9 Å². The molecule has 2 heteroatoms. The van der Waals surface area contributed by atoms with Crippen molar-refractivity contribution in [1.82, 2.24) is 0 Å². The summed E-state index contributed by atoms with van der Waals surface area (Å²) in [7, 11) is 0. The molecule has 0 nitrogen and oxygen atoms in total. The van der Waals surface area contributed by atoms with Crippen LogP contribution in [0.4, 0.5) is 0 Å². The molecule has 0 aliphatic heterocycles. The van der Waals surface area contributed by atoms with Crippen LogP contribution in [0.1, 0.15) is 0 Å². The van der Waals surface area contributed by atoms with Crippen molar-refractivity contribution in [3.8, 4) is 0 Å². The predicted molar refractivity (Wildman–Crippen MR) is 21.6 cm³/mol. The van der Waals surface area contributed by atoms with Gasteiger partial charge in [-0.15, -0.1) is 0 Å². The molecule has 0 radical (unpaired) electrons. The zero-order valence-electron chi connectivity index (χ0n) is 2.76. The topological polar surface area (TPSA) is 0 Å². The van der Waals surface area contributed by atoms with Crippen LogP contribution in [0.3, 0.4) is 0 Å². The Bertz CT molecular complexity index is 6.00. The number of hydrogen-bond acceptors (Lipinski definition) is 1. The van der Waals surface area contributed by atoms with Crippen LogP contribution in [0, 0.1) is 14.9 Å². The molecule has 0 amide bonds. The summed E-state index contributed by atoms with van der Waals surface area (Å²) in [6.45, 7) is 0. The van der Waals surface area contributed by atoms with Gasteiger partial charge in [-0.1, -0.05) is 0 Å². The maximum absolute atomic E-state index is 0. The summed E-state index contributed by atoms with van der Waals surface area (Å²) in [6.07, 6.45) is 0. The maximum atomic E-state index is 0. The number of thiol groups is 1. The molecule has 34 valence electrons. The smallest absolute Gasteiger partial charge is 0 e. The van der Waals surface area contributed by atoms with Crippen molar-refractivity contribution in [2.75, 3.05) is 0 Å². The minimum Gasteiger partial charge on any atom is -0.813 e. The van der Waals surface area contributed by atoms with Crippen molar-refractivity contribution in [2.24, 2.45) is 0 Å². The molecule has 0 N–H and O–H groups in total. The third-order valence-electron chi connectivity index (χ3n) is 0. The second kappa shape index (κ2) is 34.6. The molecule has 0 rings (SSSR count). The second-order valence-electron chi connectivity index (χ2n) is 0. The van der Waals surface area contributed by atoms with E-state index in [0.29, 0.717) is 0 Å². The van der Waals surface area contributed by atoms with E-state index in [4.69, 9.17) is 0 Å². The summed E-state index contributed by atoms with van der Waals surface area (Å²) in [5.74, 6) is 0. The molecule has 0 atom stereocenters. The van der Waals surface area contributed by atoms with E-state index in [9.17, 15) is 0 Å². The fourth-order valence-electron chi connectivity index (χ4n) is 0. The molecule has 0 saturated carbocycles. The zero-order chi connectivity index (χ0) is 0. The molecule has 0 bridgehead atoms. The molecule has 0 unspecified atom stereocenters. The summed E-state index contributed by atoms with van der Waals surface area (Å²) < 4.78 is 0. The van der Waals surface area contributed by atoms with E-state index < -0.39 is 0 Å². The van der Waals surface area contributed by atoms with E-state index in [1.807, 2.05) is 0 Å². The van der Waals surface area contributed by atoms with Crippen molar-refractivity contribution < 1.29 is 21.1 Å². The first-order valence-electron chi connectivity index (χ1n) is 0. The van der Waals surface area contributed by atoms with Crippen molar-refractivity contribution in [2.45, 2.75) is 0 Å². The zero-order valence-corrected chi connectivity index (χ0v) is 5.93. The Kier molecular flexibility index (Phi) is 659. The molecule has 0 fully saturated rings. The number of rotatable bonds is 0. The Morgan fingerprint density at radius 2 is 0.750 bits per heavy atom. The summed E-state index contributed by atoms with van der Waals surface area (Å²) >= 11 is 0. The fourth-order valence-corrected chi connectivity index (χ4v) is 0. The SMILES string of the molecule is [CH3-].[CH3-].[Pt].[SH-]. The molecule has 0 aliphatic carbocycles. The normalized spacial score (nSPS) is 0. The minimum atomic E-state index is 0. The van der Waals surface area contributed by atoms with Crippen LogP contribution in [0.15, 0.2) is 0 Å². The Morgan fingerprint density at radius 3 is 0.750 bits per heavy atom. The van der Waals surface area contributed by atoms with Crippen LogP contribution < -0.4 is 0 Å². The van der Waals surface area contributed by atoms with Crippen LogP contribution in [-0.2, 0) is 34.6 Å². The van der Waals surface area contributed by atoms with Gasteiger partial charge < -0.3 is 28.3 Å². The van der Waals surface area contributed by atoms with Crippen LogP contribution in [0.25, 0.3) is 0 Å². The van der Waals surface area contributed by atoms with Gasteiger partial charge in [0.05, 0.1) is 0 Å². The van der Waals surface area contributed by atoms with Crippen LogP contribution in [0.5, 0.6) is 0 Å². The molecule has 0 spiro atoms. The molecule has 0 saturated heterocycles. The molecule has 0 aromatic carbocycles. The summed E-state index contributed by atoms with van der Waals surface area (Å²) in [5.41, 5.74) is 0.